The van der Waals surface area contributed by atoms with Crippen LogP contribution in [-0.4, -0.2) is 33.2 Å². The van der Waals surface area contributed by atoms with Gasteiger partial charge in [-0.25, -0.2) is 13.1 Å². The Morgan fingerprint density at radius 1 is 1.56 bits per heavy atom. The first-order chi connectivity index (χ1) is 8.55. The molecule has 0 bridgehead atoms. The van der Waals surface area contributed by atoms with Crippen LogP contribution in [0, 0.1) is 0 Å². The van der Waals surface area contributed by atoms with E-state index in [1.54, 1.807) is 6.07 Å². The molecule has 0 amide bonds. The summed E-state index contributed by atoms with van der Waals surface area (Å²) >= 11 is 0. The minimum absolute atomic E-state index is 0.0815. The van der Waals surface area contributed by atoms with Crippen LogP contribution in [0.1, 0.15) is 19.0 Å². The highest BCUT2D eigenvalue weighted by Crippen LogP contribution is 2.13. The lowest BCUT2D eigenvalue weighted by atomic mass is 10.3. The summed E-state index contributed by atoms with van der Waals surface area (Å²) in [5.74, 6) is 0. The van der Waals surface area contributed by atoms with E-state index >= 15 is 0 Å². The van der Waals surface area contributed by atoms with E-state index in [0.717, 1.165) is 0 Å². The molecule has 1 unspecified atom stereocenters. The summed E-state index contributed by atoms with van der Waals surface area (Å²) in [5.41, 5.74) is 5.85. The number of nitrogens with two attached hydrogens (primary N) is 1. The lowest BCUT2D eigenvalue weighted by Crippen LogP contribution is -2.38. The van der Waals surface area contributed by atoms with Crippen LogP contribution in [-0.2, 0) is 21.3 Å². The third kappa shape index (κ3) is 3.74. The van der Waals surface area contributed by atoms with Gasteiger partial charge in [-0.05, 0) is 18.6 Å². The average molecular weight is 273 g/mol. The average Bonchev–Trinajstić information content (AvgIpc) is 2.38. The first-order valence-electron chi connectivity index (χ1n) is 5.70. The van der Waals surface area contributed by atoms with Gasteiger partial charge < -0.3 is 10.5 Å². The van der Waals surface area contributed by atoms with Crippen LogP contribution < -0.4 is 10.5 Å². The van der Waals surface area contributed by atoms with Crippen molar-refractivity contribution in [2.45, 2.75) is 30.8 Å². The van der Waals surface area contributed by atoms with Gasteiger partial charge in [-0.2, -0.15) is 0 Å². The third-order valence-electron chi connectivity index (χ3n) is 2.51. The van der Waals surface area contributed by atoms with Crippen molar-refractivity contribution in [3.63, 3.8) is 0 Å². The maximum atomic E-state index is 12.2. The number of sulfonamides is 1. The molecule has 1 atom stereocenters. The van der Waals surface area contributed by atoms with E-state index in [1.165, 1.54) is 19.4 Å². The van der Waals surface area contributed by atoms with Crippen molar-refractivity contribution in [3.8, 4) is 0 Å². The van der Waals surface area contributed by atoms with Crippen molar-refractivity contribution < 1.29 is 13.2 Å². The fourth-order valence-electron chi connectivity index (χ4n) is 1.54. The highest BCUT2D eigenvalue weighted by atomic mass is 32.2. The van der Waals surface area contributed by atoms with Crippen LogP contribution in [0.15, 0.2) is 23.2 Å². The number of nitrogens with zero attached hydrogens (tertiary/aromatic N) is 1. The van der Waals surface area contributed by atoms with E-state index in [0.29, 0.717) is 18.7 Å². The molecule has 3 N–H and O–H groups in total. The van der Waals surface area contributed by atoms with E-state index in [9.17, 15) is 8.42 Å². The van der Waals surface area contributed by atoms with Gasteiger partial charge in [0.05, 0.1) is 12.3 Å². The number of hydrogen-bond donors (Lipinski definition) is 2. The minimum Gasteiger partial charge on any atom is -0.383 e. The molecule has 0 aliphatic carbocycles. The Labute approximate surface area is 108 Å². The summed E-state index contributed by atoms with van der Waals surface area (Å²) in [5, 5.41) is 0. The lowest BCUT2D eigenvalue weighted by molar-refractivity contribution is 0.173. The van der Waals surface area contributed by atoms with Gasteiger partial charge in [0.15, 0.2) is 0 Å². The molecule has 1 heterocycles. The van der Waals surface area contributed by atoms with Gasteiger partial charge in [0.2, 0.25) is 10.0 Å². The molecular weight excluding hydrogens is 254 g/mol. The number of aromatic nitrogens is 1. The van der Waals surface area contributed by atoms with Crippen molar-refractivity contribution in [2.24, 2.45) is 5.73 Å². The van der Waals surface area contributed by atoms with Crippen LogP contribution in [0.4, 0.5) is 0 Å². The van der Waals surface area contributed by atoms with Gasteiger partial charge in [-0.3, -0.25) is 4.98 Å². The van der Waals surface area contributed by atoms with E-state index in [-0.39, 0.29) is 17.5 Å². The second-order valence-electron chi connectivity index (χ2n) is 3.83. The predicted molar refractivity (Wildman–Crippen MR) is 68.4 cm³/mol. The van der Waals surface area contributed by atoms with E-state index in [1.807, 2.05) is 6.92 Å². The topological polar surface area (TPSA) is 94.3 Å². The summed E-state index contributed by atoms with van der Waals surface area (Å²) < 4.78 is 31.9. The Balaban J connectivity index is 2.98. The summed E-state index contributed by atoms with van der Waals surface area (Å²) in [7, 11) is -2.07. The normalized spacial score (nSPS) is 13.5. The molecule has 0 radical (unpaired) electrons. The maximum Gasteiger partial charge on any atom is 0.242 e. The van der Waals surface area contributed by atoms with E-state index < -0.39 is 10.0 Å². The molecule has 18 heavy (non-hydrogen) atoms. The zero-order chi connectivity index (χ0) is 13.6. The molecule has 1 aromatic rings. The van der Waals surface area contributed by atoms with Gasteiger partial charge in [0, 0.05) is 25.9 Å². The zero-order valence-corrected chi connectivity index (χ0v) is 11.4. The second-order valence-corrected chi connectivity index (χ2v) is 5.52. The van der Waals surface area contributed by atoms with Crippen molar-refractivity contribution in [2.75, 3.05) is 13.7 Å². The third-order valence-corrected chi connectivity index (χ3v) is 4.11. The lowest BCUT2D eigenvalue weighted by Gasteiger charge is -2.17. The van der Waals surface area contributed by atoms with Gasteiger partial charge >= 0.3 is 0 Å². The zero-order valence-electron chi connectivity index (χ0n) is 10.6. The van der Waals surface area contributed by atoms with E-state index in [4.69, 9.17) is 10.5 Å². The SMILES string of the molecule is CCC(COC)NS(=O)(=O)c1cccnc1CN. The summed E-state index contributed by atoms with van der Waals surface area (Å²) in [6.45, 7) is 2.30. The van der Waals surface area contributed by atoms with E-state index in [2.05, 4.69) is 9.71 Å². The molecule has 1 rings (SSSR count). The molecule has 0 saturated heterocycles. The molecule has 1 aromatic heterocycles. The van der Waals surface area contributed by atoms with Crippen LogP contribution in [0.3, 0.4) is 0 Å². The van der Waals surface area contributed by atoms with Crippen molar-refractivity contribution in [1.82, 2.24) is 9.71 Å². The fourth-order valence-corrected chi connectivity index (χ4v) is 3.04. The number of pyridine rings is 1. The number of hydrogen-bond acceptors (Lipinski definition) is 5. The highest BCUT2D eigenvalue weighted by Gasteiger charge is 2.21. The molecule has 0 aliphatic rings. The van der Waals surface area contributed by atoms with Crippen LogP contribution >= 0.6 is 0 Å². The summed E-state index contributed by atoms with van der Waals surface area (Å²) in [6.07, 6.45) is 2.17. The van der Waals surface area contributed by atoms with Crippen LogP contribution in [0.5, 0.6) is 0 Å². The largest absolute Gasteiger partial charge is 0.383 e. The Morgan fingerprint density at radius 2 is 2.28 bits per heavy atom. The first-order valence-corrected chi connectivity index (χ1v) is 7.18. The fraction of sp³-hybridized carbons (Fsp3) is 0.545. The summed E-state index contributed by atoms with van der Waals surface area (Å²) in [6, 6.07) is 2.81. The molecule has 0 saturated carbocycles. The van der Waals surface area contributed by atoms with Crippen molar-refractivity contribution in [3.05, 3.63) is 24.0 Å². The first kappa shape index (κ1) is 15.0. The Morgan fingerprint density at radius 3 is 2.83 bits per heavy atom. The van der Waals surface area contributed by atoms with Crippen molar-refractivity contribution >= 4 is 10.0 Å². The Kier molecular flexibility index (Phi) is 5.67. The smallest absolute Gasteiger partial charge is 0.242 e. The summed E-state index contributed by atoms with van der Waals surface area (Å²) in [4.78, 5) is 4.09. The quantitative estimate of drug-likeness (QED) is 0.742. The van der Waals surface area contributed by atoms with Crippen molar-refractivity contribution in [1.29, 1.82) is 0 Å². The van der Waals surface area contributed by atoms with Crippen LogP contribution in [0.2, 0.25) is 0 Å². The second kappa shape index (κ2) is 6.79. The molecule has 0 fully saturated rings. The number of ether oxygens (including phenoxy) is 1. The molecule has 0 spiro atoms. The van der Waals surface area contributed by atoms with Gasteiger partial charge in [-0.15, -0.1) is 0 Å². The molecule has 0 aliphatic heterocycles. The monoisotopic (exact) mass is 273 g/mol. The number of methoxy groups -OCH3 is 1. The molecular formula is C11H19N3O3S. The van der Waals surface area contributed by atoms with Gasteiger partial charge in [0.1, 0.15) is 4.90 Å². The maximum absolute atomic E-state index is 12.2. The number of nitrogens with one attached hydrogen (secondary N) is 1. The Bertz CT molecular complexity index is 476. The van der Waals surface area contributed by atoms with Gasteiger partial charge in [-0.1, -0.05) is 6.92 Å². The molecule has 7 heteroatoms. The number of rotatable bonds is 7. The molecule has 6 nitrogen and oxygen atoms in total. The Hall–Kier alpha value is -1.02. The molecule has 102 valence electrons. The highest BCUT2D eigenvalue weighted by molar-refractivity contribution is 7.89. The minimum atomic E-state index is -3.61. The molecule has 0 aromatic carbocycles. The standard InChI is InChI=1S/C11H19N3O3S/c1-3-9(8-17-2)14-18(15,16)11-5-4-6-13-10(11)7-12/h4-6,9,14H,3,7-8,12H2,1-2H3. The predicted octanol–water partition coefficient (Wildman–Crippen LogP) is 0.244. The van der Waals surface area contributed by atoms with Crippen LogP contribution in [0.25, 0.3) is 0 Å². The van der Waals surface area contributed by atoms with Gasteiger partial charge in [0.25, 0.3) is 0 Å².